The lowest BCUT2D eigenvalue weighted by molar-refractivity contribution is 0.309. The van der Waals surface area contributed by atoms with Crippen LogP contribution in [0.1, 0.15) is 49.9 Å². The zero-order chi connectivity index (χ0) is 12.3. The van der Waals surface area contributed by atoms with Crippen molar-refractivity contribution in [2.75, 3.05) is 13.1 Å². The monoisotopic (exact) mass is 253 g/mol. The smallest absolute Gasteiger partial charge is 0.109 e. The van der Waals surface area contributed by atoms with Crippen molar-refractivity contribution in [1.29, 1.82) is 0 Å². The summed E-state index contributed by atoms with van der Waals surface area (Å²) >= 11 is 1.69. The number of thiazole rings is 1. The van der Waals surface area contributed by atoms with Gasteiger partial charge in [-0.2, -0.15) is 0 Å². The van der Waals surface area contributed by atoms with E-state index in [0.717, 1.165) is 17.5 Å². The molecule has 2 rings (SSSR count). The zero-order valence-electron chi connectivity index (χ0n) is 10.9. The Bertz CT molecular complexity index is 348. The molecular formula is C13H23N3S. The molecule has 0 bridgehead atoms. The fourth-order valence-corrected chi connectivity index (χ4v) is 3.30. The second-order valence-corrected chi connectivity index (χ2v) is 6.03. The molecular weight excluding hydrogens is 230 g/mol. The Morgan fingerprint density at radius 3 is 3.12 bits per heavy atom. The highest BCUT2D eigenvalue weighted by Gasteiger charge is 2.22. The highest BCUT2D eigenvalue weighted by Crippen LogP contribution is 2.23. The molecule has 0 amide bonds. The molecule has 1 saturated heterocycles. The van der Waals surface area contributed by atoms with E-state index in [1.165, 1.54) is 38.0 Å². The topological polar surface area (TPSA) is 42.1 Å². The minimum atomic E-state index is 0.0696. The van der Waals surface area contributed by atoms with Crippen molar-refractivity contribution < 1.29 is 0 Å². The third kappa shape index (κ3) is 3.50. The molecule has 0 spiro atoms. The lowest BCUT2D eigenvalue weighted by atomic mass is 10.0. The van der Waals surface area contributed by atoms with Crippen molar-refractivity contribution in [3.8, 4) is 0 Å². The van der Waals surface area contributed by atoms with E-state index in [1.807, 2.05) is 6.92 Å². The quantitative estimate of drug-likeness (QED) is 0.877. The molecule has 2 N–H and O–H groups in total. The molecule has 96 valence electrons. The van der Waals surface area contributed by atoms with Crippen LogP contribution in [0.4, 0.5) is 0 Å². The molecule has 2 unspecified atom stereocenters. The van der Waals surface area contributed by atoms with Crippen LogP contribution in [0.15, 0.2) is 5.38 Å². The Kier molecular flexibility index (Phi) is 4.54. The first-order valence-corrected chi connectivity index (χ1v) is 7.49. The molecule has 0 saturated carbocycles. The lowest BCUT2D eigenvalue weighted by Crippen LogP contribution is -2.20. The van der Waals surface area contributed by atoms with Crippen LogP contribution in [0.5, 0.6) is 0 Å². The molecule has 1 aliphatic rings. The minimum Gasteiger partial charge on any atom is -0.322 e. The SMILES string of the molecule is CCCC1CCN(Cc2csc(C(C)N)n2)C1. The number of hydrogen-bond acceptors (Lipinski definition) is 4. The second kappa shape index (κ2) is 5.94. The van der Waals surface area contributed by atoms with Gasteiger partial charge < -0.3 is 5.73 Å². The normalized spacial score (nSPS) is 23.1. The van der Waals surface area contributed by atoms with E-state index in [4.69, 9.17) is 5.73 Å². The van der Waals surface area contributed by atoms with Crippen molar-refractivity contribution in [3.63, 3.8) is 0 Å². The van der Waals surface area contributed by atoms with Crippen molar-refractivity contribution in [2.24, 2.45) is 11.7 Å². The zero-order valence-corrected chi connectivity index (χ0v) is 11.7. The summed E-state index contributed by atoms with van der Waals surface area (Å²) in [4.78, 5) is 7.12. The van der Waals surface area contributed by atoms with E-state index in [1.54, 1.807) is 11.3 Å². The van der Waals surface area contributed by atoms with Crippen molar-refractivity contribution in [3.05, 3.63) is 16.1 Å². The summed E-state index contributed by atoms with van der Waals surface area (Å²) in [6.07, 6.45) is 4.04. The van der Waals surface area contributed by atoms with Gasteiger partial charge in [-0.05, 0) is 32.2 Å². The molecule has 1 fully saturated rings. The molecule has 0 radical (unpaired) electrons. The van der Waals surface area contributed by atoms with Gasteiger partial charge in [0.2, 0.25) is 0 Å². The minimum absolute atomic E-state index is 0.0696. The fraction of sp³-hybridized carbons (Fsp3) is 0.769. The van der Waals surface area contributed by atoms with Gasteiger partial charge in [0.25, 0.3) is 0 Å². The van der Waals surface area contributed by atoms with Crippen LogP contribution in [0.25, 0.3) is 0 Å². The van der Waals surface area contributed by atoms with Gasteiger partial charge >= 0.3 is 0 Å². The average Bonchev–Trinajstić information content (AvgIpc) is 2.89. The van der Waals surface area contributed by atoms with E-state index in [-0.39, 0.29) is 6.04 Å². The van der Waals surface area contributed by atoms with Gasteiger partial charge in [0.05, 0.1) is 11.7 Å². The van der Waals surface area contributed by atoms with E-state index in [2.05, 4.69) is 22.2 Å². The predicted molar refractivity (Wildman–Crippen MR) is 73.0 cm³/mol. The number of aromatic nitrogens is 1. The molecule has 1 aliphatic heterocycles. The number of rotatable bonds is 5. The first-order chi connectivity index (χ1) is 8.19. The van der Waals surface area contributed by atoms with Crippen LogP contribution >= 0.6 is 11.3 Å². The summed E-state index contributed by atoms with van der Waals surface area (Å²) < 4.78 is 0. The lowest BCUT2D eigenvalue weighted by Gasteiger charge is -2.14. The maximum atomic E-state index is 5.83. The van der Waals surface area contributed by atoms with E-state index in [9.17, 15) is 0 Å². The number of likely N-dealkylation sites (tertiary alicyclic amines) is 1. The van der Waals surface area contributed by atoms with Gasteiger partial charge in [-0.15, -0.1) is 11.3 Å². The number of hydrogen-bond donors (Lipinski definition) is 1. The van der Waals surface area contributed by atoms with Crippen LogP contribution in [0.3, 0.4) is 0 Å². The standard InChI is InChI=1S/C13H23N3S/c1-3-4-11-5-6-16(7-11)8-12-9-17-13(15-12)10(2)14/h9-11H,3-8,14H2,1-2H3. The Hall–Kier alpha value is -0.450. The van der Waals surface area contributed by atoms with Crippen molar-refractivity contribution in [2.45, 2.75) is 45.7 Å². The molecule has 2 heterocycles. The second-order valence-electron chi connectivity index (χ2n) is 5.14. The summed E-state index contributed by atoms with van der Waals surface area (Å²) in [6, 6.07) is 0.0696. The van der Waals surface area contributed by atoms with E-state index < -0.39 is 0 Å². The predicted octanol–water partition coefficient (Wildman–Crippen LogP) is 2.78. The third-order valence-electron chi connectivity index (χ3n) is 3.41. The Labute approximate surface area is 108 Å². The Morgan fingerprint density at radius 2 is 2.47 bits per heavy atom. The highest BCUT2D eigenvalue weighted by molar-refractivity contribution is 7.09. The summed E-state index contributed by atoms with van der Waals surface area (Å²) in [7, 11) is 0. The Morgan fingerprint density at radius 1 is 1.65 bits per heavy atom. The first-order valence-electron chi connectivity index (χ1n) is 6.61. The molecule has 2 atom stereocenters. The highest BCUT2D eigenvalue weighted by atomic mass is 32.1. The average molecular weight is 253 g/mol. The third-order valence-corrected chi connectivity index (χ3v) is 4.51. The van der Waals surface area contributed by atoms with E-state index in [0.29, 0.717) is 0 Å². The van der Waals surface area contributed by atoms with Gasteiger partial charge in [-0.3, -0.25) is 4.90 Å². The molecule has 1 aromatic rings. The van der Waals surface area contributed by atoms with Crippen LogP contribution in [-0.2, 0) is 6.54 Å². The van der Waals surface area contributed by atoms with Crippen LogP contribution in [0, 0.1) is 5.92 Å². The van der Waals surface area contributed by atoms with E-state index >= 15 is 0 Å². The van der Waals surface area contributed by atoms with Crippen LogP contribution < -0.4 is 5.73 Å². The molecule has 3 nitrogen and oxygen atoms in total. The molecule has 17 heavy (non-hydrogen) atoms. The van der Waals surface area contributed by atoms with Crippen molar-refractivity contribution >= 4 is 11.3 Å². The maximum absolute atomic E-state index is 5.83. The van der Waals surface area contributed by atoms with Gasteiger partial charge in [0.1, 0.15) is 5.01 Å². The number of nitrogens with two attached hydrogens (primary N) is 1. The van der Waals surface area contributed by atoms with Crippen molar-refractivity contribution in [1.82, 2.24) is 9.88 Å². The number of nitrogens with zero attached hydrogens (tertiary/aromatic N) is 2. The summed E-state index contributed by atoms with van der Waals surface area (Å²) in [5.41, 5.74) is 7.03. The molecule has 0 aromatic carbocycles. The summed E-state index contributed by atoms with van der Waals surface area (Å²) in [5, 5.41) is 3.22. The van der Waals surface area contributed by atoms with Gasteiger partial charge in [0.15, 0.2) is 0 Å². The summed E-state index contributed by atoms with van der Waals surface area (Å²) in [5.74, 6) is 0.909. The van der Waals surface area contributed by atoms with Crippen LogP contribution in [-0.4, -0.2) is 23.0 Å². The molecule has 4 heteroatoms. The largest absolute Gasteiger partial charge is 0.322 e. The molecule has 0 aliphatic carbocycles. The molecule has 1 aromatic heterocycles. The Balaban J connectivity index is 1.85. The van der Waals surface area contributed by atoms with Gasteiger partial charge in [-0.25, -0.2) is 4.98 Å². The van der Waals surface area contributed by atoms with Gasteiger partial charge in [0, 0.05) is 18.5 Å². The first kappa shape index (κ1) is 13.0. The fourth-order valence-electron chi connectivity index (χ4n) is 2.53. The summed E-state index contributed by atoms with van der Waals surface area (Å²) in [6.45, 7) is 7.76. The van der Waals surface area contributed by atoms with Gasteiger partial charge in [-0.1, -0.05) is 13.3 Å². The van der Waals surface area contributed by atoms with Crippen LogP contribution in [0.2, 0.25) is 0 Å². The maximum Gasteiger partial charge on any atom is 0.109 e.